The van der Waals surface area contributed by atoms with Crippen molar-refractivity contribution in [1.82, 2.24) is 9.36 Å². The van der Waals surface area contributed by atoms with Crippen LogP contribution >= 0.6 is 23.3 Å². The Hall–Kier alpha value is -2.70. The topological polar surface area (TPSA) is 105 Å². The second-order valence-electron chi connectivity index (χ2n) is 5.34. The summed E-state index contributed by atoms with van der Waals surface area (Å²) in [7, 11) is 0. The van der Waals surface area contributed by atoms with Crippen LogP contribution in [-0.2, 0) is 9.59 Å². The van der Waals surface area contributed by atoms with Gasteiger partial charge in [0, 0.05) is 23.7 Å². The predicted octanol–water partition coefficient (Wildman–Crippen LogP) is 3.51. The number of anilines is 1. The van der Waals surface area contributed by atoms with E-state index in [1.54, 1.807) is 24.3 Å². The van der Waals surface area contributed by atoms with Gasteiger partial charge in [-0.05, 0) is 23.8 Å². The number of thioether (sulfide) groups is 1. The molecule has 1 aromatic carbocycles. The molecule has 2 rings (SSSR count). The Balaban J connectivity index is 2.08. The Bertz CT molecular complexity index is 867. The maximum Gasteiger partial charge on any atom is 0.308 e. The summed E-state index contributed by atoms with van der Waals surface area (Å²) >= 11 is 2.55. The Labute approximate surface area is 159 Å². The van der Waals surface area contributed by atoms with Crippen molar-refractivity contribution in [3.63, 3.8) is 0 Å². The number of nitrogens with zero attached hydrogens (tertiary/aromatic N) is 3. The van der Waals surface area contributed by atoms with Crippen LogP contribution in [0, 0.1) is 11.3 Å². The second-order valence-corrected chi connectivity index (χ2v) is 7.63. The van der Waals surface area contributed by atoms with Crippen molar-refractivity contribution in [2.75, 3.05) is 5.32 Å². The molecule has 26 heavy (non-hydrogen) atoms. The van der Waals surface area contributed by atoms with Gasteiger partial charge in [-0.2, -0.15) is 14.6 Å². The van der Waals surface area contributed by atoms with Crippen molar-refractivity contribution < 1.29 is 14.3 Å². The lowest BCUT2D eigenvalue weighted by atomic mass is 10.1. The summed E-state index contributed by atoms with van der Waals surface area (Å²) in [5.41, 5.74) is 0.555. The van der Waals surface area contributed by atoms with E-state index in [1.165, 1.54) is 24.8 Å². The predicted molar refractivity (Wildman–Crippen MR) is 101 cm³/mol. The third-order valence-electron chi connectivity index (χ3n) is 2.79. The van der Waals surface area contributed by atoms with Gasteiger partial charge in [0.1, 0.15) is 17.4 Å². The van der Waals surface area contributed by atoms with Gasteiger partial charge < -0.3 is 4.74 Å². The number of esters is 1. The van der Waals surface area contributed by atoms with E-state index < -0.39 is 11.9 Å². The summed E-state index contributed by atoms with van der Waals surface area (Å²) in [6, 6.07) is 8.33. The van der Waals surface area contributed by atoms with Gasteiger partial charge in [-0.1, -0.05) is 37.7 Å². The fourth-order valence-corrected chi connectivity index (χ4v) is 3.18. The average Bonchev–Trinajstić information content (AvgIpc) is 2.99. The molecule has 7 nitrogen and oxygen atoms in total. The zero-order valence-electron chi connectivity index (χ0n) is 14.3. The van der Waals surface area contributed by atoms with Crippen LogP contribution in [0.25, 0.3) is 6.08 Å². The van der Waals surface area contributed by atoms with Gasteiger partial charge in [0.05, 0.1) is 0 Å². The first kappa shape index (κ1) is 19.6. The molecular formula is C17H16N4O3S2. The number of aromatic nitrogens is 2. The van der Waals surface area contributed by atoms with Crippen LogP contribution in [0.1, 0.15) is 26.3 Å². The number of carbonyl (C=O) groups is 2. The molecule has 9 heteroatoms. The van der Waals surface area contributed by atoms with Crippen molar-refractivity contribution in [2.45, 2.75) is 31.2 Å². The van der Waals surface area contributed by atoms with E-state index >= 15 is 0 Å². The molecule has 1 aromatic heterocycles. The van der Waals surface area contributed by atoms with Crippen LogP contribution in [-0.4, -0.2) is 26.5 Å². The molecule has 0 atom stereocenters. The molecule has 1 amide bonds. The lowest BCUT2D eigenvalue weighted by Crippen LogP contribution is -2.13. The summed E-state index contributed by atoms with van der Waals surface area (Å²) < 4.78 is 9.08. The van der Waals surface area contributed by atoms with Gasteiger partial charge >= 0.3 is 5.97 Å². The highest BCUT2D eigenvalue weighted by atomic mass is 32.2. The quantitative estimate of drug-likeness (QED) is 0.265. The van der Waals surface area contributed by atoms with Gasteiger partial charge in [0.15, 0.2) is 0 Å². The smallest absolute Gasteiger partial charge is 0.308 e. The summed E-state index contributed by atoms with van der Waals surface area (Å²) in [6.45, 7) is 5.35. The number of hydrogen-bond acceptors (Lipinski definition) is 8. The average molecular weight is 388 g/mol. The van der Waals surface area contributed by atoms with Gasteiger partial charge in [-0.3, -0.25) is 14.9 Å². The number of amides is 1. The zero-order chi connectivity index (χ0) is 19.1. The molecule has 2 aromatic rings. The maximum absolute atomic E-state index is 12.3. The molecule has 0 radical (unpaired) electrons. The molecule has 0 saturated heterocycles. The molecule has 0 spiro atoms. The first-order valence-corrected chi connectivity index (χ1v) is 9.24. The number of nitriles is 1. The van der Waals surface area contributed by atoms with Crippen LogP contribution in [0.4, 0.5) is 5.13 Å². The van der Waals surface area contributed by atoms with Crippen LogP contribution in [0.15, 0.2) is 35.0 Å². The van der Waals surface area contributed by atoms with Crippen molar-refractivity contribution in [3.05, 3.63) is 35.4 Å². The van der Waals surface area contributed by atoms with Crippen molar-refractivity contribution >= 4 is 46.4 Å². The number of rotatable bonds is 6. The monoisotopic (exact) mass is 388 g/mol. The third-order valence-corrected chi connectivity index (χ3v) is 4.40. The van der Waals surface area contributed by atoms with Crippen LogP contribution < -0.4 is 10.1 Å². The standard InChI is InChI=1S/C17H16N4O3S2/c1-10(2)25-17-20-16(26-21-17)19-15(23)13(9-18)8-12-4-6-14(7-5-12)24-11(3)22/h4-8,10H,1-3H3,(H,19,20,21,23). The van der Waals surface area contributed by atoms with E-state index in [0.717, 1.165) is 11.5 Å². The van der Waals surface area contributed by atoms with E-state index in [2.05, 4.69) is 14.7 Å². The number of benzene rings is 1. The number of hydrogen-bond donors (Lipinski definition) is 1. The molecule has 0 aliphatic rings. The van der Waals surface area contributed by atoms with Crippen LogP contribution in [0.3, 0.4) is 0 Å². The first-order chi connectivity index (χ1) is 12.4. The van der Waals surface area contributed by atoms with E-state index in [4.69, 9.17) is 4.74 Å². The largest absolute Gasteiger partial charge is 0.427 e. The van der Waals surface area contributed by atoms with Gasteiger partial charge in [-0.25, -0.2) is 0 Å². The van der Waals surface area contributed by atoms with Gasteiger partial charge in [0.25, 0.3) is 5.91 Å². The lowest BCUT2D eigenvalue weighted by molar-refractivity contribution is -0.131. The fraction of sp³-hybridized carbons (Fsp3) is 0.235. The number of ether oxygens (including phenoxy) is 1. The summed E-state index contributed by atoms with van der Waals surface area (Å²) in [5.74, 6) is -0.590. The Morgan fingerprint density at radius 2 is 2.04 bits per heavy atom. The van der Waals surface area contributed by atoms with Crippen LogP contribution in [0.5, 0.6) is 5.75 Å². The Morgan fingerprint density at radius 3 is 2.62 bits per heavy atom. The van der Waals surface area contributed by atoms with Crippen molar-refractivity contribution in [1.29, 1.82) is 5.26 Å². The summed E-state index contributed by atoms with van der Waals surface area (Å²) in [5, 5.41) is 13.1. The van der Waals surface area contributed by atoms with Crippen LogP contribution in [0.2, 0.25) is 0 Å². The number of nitrogens with one attached hydrogen (secondary N) is 1. The minimum Gasteiger partial charge on any atom is -0.427 e. The number of carbonyl (C=O) groups excluding carboxylic acids is 2. The molecule has 0 aliphatic carbocycles. The zero-order valence-corrected chi connectivity index (χ0v) is 16.0. The normalized spacial score (nSPS) is 11.1. The maximum atomic E-state index is 12.3. The summed E-state index contributed by atoms with van der Waals surface area (Å²) in [4.78, 5) is 27.4. The van der Waals surface area contributed by atoms with E-state index in [1.807, 2.05) is 19.9 Å². The SMILES string of the molecule is CC(=O)Oc1ccc(C=C(C#N)C(=O)Nc2nc(SC(C)C)ns2)cc1. The first-order valence-electron chi connectivity index (χ1n) is 7.59. The Kier molecular flexibility index (Phi) is 6.89. The van der Waals surface area contributed by atoms with Crippen molar-refractivity contribution in [3.8, 4) is 11.8 Å². The molecule has 134 valence electrons. The Morgan fingerprint density at radius 1 is 1.35 bits per heavy atom. The highest BCUT2D eigenvalue weighted by molar-refractivity contribution is 7.99. The van der Waals surface area contributed by atoms with Gasteiger partial charge in [-0.15, -0.1) is 0 Å². The molecular weight excluding hydrogens is 372 g/mol. The molecule has 1 heterocycles. The van der Waals surface area contributed by atoms with E-state index in [9.17, 15) is 14.9 Å². The highest BCUT2D eigenvalue weighted by Gasteiger charge is 2.13. The second kappa shape index (κ2) is 9.12. The fourth-order valence-electron chi connectivity index (χ4n) is 1.80. The lowest BCUT2D eigenvalue weighted by Gasteiger charge is -2.02. The molecule has 0 bridgehead atoms. The third kappa shape index (κ3) is 5.98. The molecule has 0 fully saturated rings. The molecule has 0 saturated carbocycles. The molecule has 1 N–H and O–H groups in total. The van der Waals surface area contributed by atoms with Crippen molar-refractivity contribution in [2.24, 2.45) is 0 Å². The highest BCUT2D eigenvalue weighted by Crippen LogP contribution is 2.24. The minimum atomic E-state index is -0.561. The minimum absolute atomic E-state index is 0.0708. The van der Waals surface area contributed by atoms with Gasteiger partial charge in [0.2, 0.25) is 10.3 Å². The summed E-state index contributed by atoms with van der Waals surface area (Å²) in [6.07, 6.45) is 1.44. The van der Waals surface area contributed by atoms with E-state index in [0.29, 0.717) is 26.9 Å². The van der Waals surface area contributed by atoms with E-state index in [-0.39, 0.29) is 5.57 Å². The molecule has 0 aliphatic heterocycles. The molecule has 0 unspecified atom stereocenters.